The van der Waals surface area contributed by atoms with E-state index >= 15 is 0 Å². The molecule has 80 valence electrons. The highest BCUT2D eigenvalue weighted by atomic mass is 35.5. The molecule has 0 aliphatic heterocycles. The van der Waals surface area contributed by atoms with Gasteiger partial charge in [-0.15, -0.1) is 22.7 Å². The second-order valence-electron chi connectivity index (χ2n) is 3.25. The molecule has 3 aromatic heterocycles. The maximum Gasteiger partial charge on any atom is 0.223 e. The van der Waals surface area contributed by atoms with Crippen molar-refractivity contribution in [1.29, 1.82) is 0 Å². The Kier molecular flexibility index (Phi) is 2.38. The van der Waals surface area contributed by atoms with Crippen LogP contribution in [0.4, 0.5) is 0 Å². The number of thiazole rings is 1. The van der Waals surface area contributed by atoms with Crippen LogP contribution in [0.15, 0.2) is 17.6 Å². The van der Waals surface area contributed by atoms with E-state index in [1.165, 1.54) is 0 Å². The van der Waals surface area contributed by atoms with Crippen molar-refractivity contribution in [1.82, 2.24) is 15.0 Å². The fourth-order valence-electron chi connectivity index (χ4n) is 1.44. The van der Waals surface area contributed by atoms with E-state index in [4.69, 9.17) is 11.6 Å². The van der Waals surface area contributed by atoms with Crippen LogP contribution in [0.25, 0.3) is 20.9 Å². The van der Waals surface area contributed by atoms with E-state index in [9.17, 15) is 0 Å². The van der Waals surface area contributed by atoms with Gasteiger partial charge >= 0.3 is 0 Å². The topological polar surface area (TPSA) is 38.7 Å². The zero-order valence-corrected chi connectivity index (χ0v) is 10.7. The molecule has 3 heterocycles. The summed E-state index contributed by atoms with van der Waals surface area (Å²) in [6.45, 7) is 2.02. The Hall–Kier alpha value is -1.04. The third-order valence-electron chi connectivity index (χ3n) is 2.10. The van der Waals surface area contributed by atoms with E-state index in [1.54, 1.807) is 22.7 Å². The number of halogens is 1. The maximum atomic E-state index is 5.90. The fraction of sp³-hybridized carbons (Fsp3) is 0.100. The molecule has 0 N–H and O–H groups in total. The van der Waals surface area contributed by atoms with Crippen LogP contribution >= 0.6 is 34.3 Å². The number of nitrogens with zero attached hydrogens (tertiary/aromatic N) is 3. The van der Waals surface area contributed by atoms with Crippen molar-refractivity contribution in [3.8, 4) is 10.7 Å². The highest BCUT2D eigenvalue weighted by Crippen LogP contribution is 2.33. The summed E-state index contributed by atoms with van der Waals surface area (Å²) in [6.07, 6.45) is 1.84. The molecule has 3 aromatic rings. The summed E-state index contributed by atoms with van der Waals surface area (Å²) in [6, 6.07) is 1.94. The Morgan fingerprint density at radius 1 is 1.31 bits per heavy atom. The molecule has 3 nitrogen and oxygen atoms in total. The molecular formula is C10H6ClN3S2. The molecule has 0 spiro atoms. The van der Waals surface area contributed by atoms with Gasteiger partial charge in [-0.2, -0.15) is 0 Å². The first-order valence-electron chi connectivity index (χ1n) is 4.57. The van der Waals surface area contributed by atoms with Gasteiger partial charge in [0.2, 0.25) is 5.28 Å². The molecule has 0 atom stereocenters. The molecule has 0 radical (unpaired) electrons. The Morgan fingerprint density at radius 2 is 2.19 bits per heavy atom. The predicted molar refractivity (Wildman–Crippen MR) is 68.3 cm³/mol. The van der Waals surface area contributed by atoms with E-state index in [0.717, 1.165) is 25.8 Å². The first kappa shape index (κ1) is 10.1. The molecule has 16 heavy (non-hydrogen) atoms. The Morgan fingerprint density at radius 3 is 2.94 bits per heavy atom. The lowest BCUT2D eigenvalue weighted by Crippen LogP contribution is -1.87. The van der Waals surface area contributed by atoms with Gasteiger partial charge in [-0.25, -0.2) is 15.0 Å². The molecule has 0 saturated carbocycles. The van der Waals surface area contributed by atoms with Crippen LogP contribution in [0.5, 0.6) is 0 Å². The molecule has 0 aliphatic carbocycles. The number of aromatic nitrogens is 3. The summed E-state index contributed by atoms with van der Waals surface area (Å²) in [5, 5.41) is 3.16. The van der Waals surface area contributed by atoms with E-state index in [1.807, 2.05) is 24.6 Å². The van der Waals surface area contributed by atoms with Crippen LogP contribution in [-0.4, -0.2) is 15.0 Å². The quantitative estimate of drug-likeness (QED) is 0.630. The summed E-state index contributed by atoms with van der Waals surface area (Å²) in [4.78, 5) is 13.9. The van der Waals surface area contributed by atoms with Crippen LogP contribution in [0.2, 0.25) is 5.28 Å². The van der Waals surface area contributed by atoms with Gasteiger partial charge in [0, 0.05) is 11.1 Å². The third-order valence-corrected chi connectivity index (χ3v) is 4.10. The number of hydrogen-bond donors (Lipinski definition) is 0. The van der Waals surface area contributed by atoms with E-state index in [-0.39, 0.29) is 5.28 Å². The van der Waals surface area contributed by atoms with Crippen LogP contribution < -0.4 is 0 Å². The van der Waals surface area contributed by atoms with Crippen LogP contribution in [-0.2, 0) is 0 Å². The number of hydrogen-bond acceptors (Lipinski definition) is 5. The van der Waals surface area contributed by atoms with Crippen LogP contribution in [0, 0.1) is 6.92 Å². The van der Waals surface area contributed by atoms with E-state index in [0.29, 0.717) is 0 Å². The third kappa shape index (κ3) is 1.61. The summed E-state index contributed by atoms with van der Waals surface area (Å²) >= 11 is 9.12. The summed E-state index contributed by atoms with van der Waals surface area (Å²) in [7, 11) is 0. The van der Waals surface area contributed by atoms with Gasteiger partial charge in [0.1, 0.15) is 10.7 Å². The smallest absolute Gasteiger partial charge is 0.223 e. The minimum Gasteiger partial charge on any atom is -0.243 e. The van der Waals surface area contributed by atoms with E-state index in [2.05, 4.69) is 15.0 Å². The Balaban J connectivity index is 2.33. The molecule has 0 unspecified atom stereocenters. The normalized spacial score (nSPS) is 11.1. The second kappa shape index (κ2) is 3.76. The lowest BCUT2D eigenvalue weighted by atomic mass is 10.3. The largest absolute Gasteiger partial charge is 0.243 e. The highest BCUT2D eigenvalue weighted by molar-refractivity contribution is 7.19. The Labute approximate surface area is 105 Å². The van der Waals surface area contributed by atoms with Gasteiger partial charge in [-0.3, -0.25) is 0 Å². The lowest BCUT2D eigenvalue weighted by Gasteiger charge is -1.98. The molecule has 0 amide bonds. The monoisotopic (exact) mass is 267 g/mol. The molecule has 0 saturated heterocycles. The first-order chi connectivity index (χ1) is 7.74. The average molecular weight is 268 g/mol. The summed E-state index contributed by atoms with van der Waals surface area (Å²) in [5.74, 6) is 0. The van der Waals surface area contributed by atoms with Gasteiger partial charge < -0.3 is 0 Å². The zero-order chi connectivity index (χ0) is 11.1. The summed E-state index contributed by atoms with van der Waals surface area (Å²) in [5.41, 5.74) is 1.72. The summed E-state index contributed by atoms with van der Waals surface area (Å²) < 4.78 is 1.04. The Bertz CT molecular complexity index is 659. The number of fused-ring (bicyclic) bond motifs is 1. The molecule has 0 aromatic carbocycles. The number of thiophene rings is 1. The zero-order valence-electron chi connectivity index (χ0n) is 8.27. The van der Waals surface area contributed by atoms with Crippen LogP contribution in [0.3, 0.4) is 0 Å². The van der Waals surface area contributed by atoms with Crippen LogP contribution in [0.1, 0.15) is 4.88 Å². The minimum atomic E-state index is 0.272. The van der Waals surface area contributed by atoms with E-state index < -0.39 is 0 Å². The van der Waals surface area contributed by atoms with Crippen molar-refractivity contribution in [2.24, 2.45) is 0 Å². The molecular weight excluding hydrogens is 262 g/mol. The van der Waals surface area contributed by atoms with Gasteiger partial charge in [-0.05, 0) is 30.0 Å². The molecule has 6 heteroatoms. The van der Waals surface area contributed by atoms with Gasteiger partial charge in [-0.1, -0.05) is 0 Å². The van der Waals surface area contributed by atoms with Gasteiger partial charge in [0.15, 0.2) is 0 Å². The fourth-order valence-corrected chi connectivity index (χ4v) is 3.27. The SMILES string of the molecule is Cc1cnc(-c2nc(Cl)nc3ccsc23)s1. The van der Waals surface area contributed by atoms with Crippen molar-refractivity contribution in [2.75, 3.05) is 0 Å². The highest BCUT2D eigenvalue weighted by Gasteiger charge is 2.12. The molecule has 0 fully saturated rings. The number of rotatable bonds is 1. The predicted octanol–water partition coefficient (Wildman–Crippen LogP) is 3.78. The molecule has 3 rings (SSSR count). The number of aryl methyl sites for hydroxylation is 1. The second-order valence-corrected chi connectivity index (χ2v) is 5.74. The van der Waals surface area contributed by atoms with Crippen molar-refractivity contribution >= 4 is 44.5 Å². The van der Waals surface area contributed by atoms with Crippen molar-refractivity contribution in [2.45, 2.75) is 6.92 Å². The molecule has 0 bridgehead atoms. The standard InChI is InChI=1S/C10H6ClN3S2/c1-5-4-12-9(16-5)7-8-6(2-3-15-8)13-10(11)14-7/h2-4H,1H3. The maximum absolute atomic E-state index is 5.90. The van der Waals surface area contributed by atoms with Crippen molar-refractivity contribution in [3.05, 3.63) is 27.8 Å². The first-order valence-corrected chi connectivity index (χ1v) is 6.65. The van der Waals surface area contributed by atoms with Crippen molar-refractivity contribution in [3.63, 3.8) is 0 Å². The molecule has 0 aliphatic rings. The average Bonchev–Trinajstić information content (AvgIpc) is 2.84. The van der Waals surface area contributed by atoms with Gasteiger partial charge in [0.05, 0.1) is 10.2 Å². The van der Waals surface area contributed by atoms with Gasteiger partial charge in [0.25, 0.3) is 0 Å². The van der Waals surface area contributed by atoms with Crippen molar-refractivity contribution < 1.29 is 0 Å². The minimum absolute atomic E-state index is 0.272. The lowest BCUT2D eigenvalue weighted by molar-refractivity contribution is 1.22.